The van der Waals surface area contributed by atoms with Crippen LogP contribution in [0.3, 0.4) is 0 Å². The lowest BCUT2D eigenvalue weighted by molar-refractivity contribution is -0.141. The Morgan fingerprint density at radius 1 is 0.566 bits per heavy atom. The number of likely N-dealkylation sites (N-methyl/N-ethyl adjacent to an activating group) is 2. The zero-order valence-electron chi connectivity index (χ0n) is 46.6. The van der Waals surface area contributed by atoms with E-state index in [1.807, 2.05) is 18.2 Å². The molecule has 4 N–H and O–H groups in total. The lowest BCUT2D eigenvalue weighted by atomic mass is 9.89. The van der Waals surface area contributed by atoms with Crippen molar-refractivity contribution in [2.45, 2.75) is 119 Å². The van der Waals surface area contributed by atoms with Gasteiger partial charge < -0.3 is 49.3 Å². The van der Waals surface area contributed by atoms with Crippen LogP contribution < -0.4 is 9.80 Å². The van der Waals surface area contributed by atoms with Crippen LogP contribution in [0.5, 0.6) is 0 Å². The summed E-state index contributed by atoms with van der Waals surface area (Å²) in [6.07, 6.45) is 3.84. The molecule has 0 saturated carbocycles. The fraction of sp³-hybridized carbons (Fsp3) is 0.508. The zero-order valence-corrected chi connectivity index (χ0v) is 46.6. The van der Waals surface area contributed by atoms with Crippen LogP contribution in [-0.2, 0) is 19.1 Å². The second-order valence-corrected chi connectivity index (χ2v) is 23.4. The number of halogens is 4. The smallest absolute Gasteiger partial charge is 0.407 e. The monoisotopic (exact) mass is 1150 g/mol. The average Bonchev–Trinajstić information content (AvgIpc) is 4.15. The van der Waals surface area contributed by atoms with Gasteiger partial charge in [0.25, 0.3) is 0 Å². The second-order valence-electron chi connectivity index (χ2n) is 23.4. The van der Waals surface area contributed by atoms with Crippen LogP contribution in [0, 0.1) is 35.1 Å². The van der Waals surface area contributed by atoms with Crippen molar-refractivity contribution < 1.29 is 56.4 Å². The number of piperidine rings is 1. The van der Waals surface area contributed by atoms with E-state index in [0.29, 0.717) is 151 Å². The molecule has 0 spiro atoms. The first-order chi connectivity index (χ1) is 40.1. The minimum absolute atomic E-state index is 0.0795. The molecule has 6 saturated heterocycles. The van der Waals surface area contributed by atoms with Crippen molar-refractivity contribution in [3.05, 3.63) is 118 Å². The molecule has 0 bridgehead atoms. The average molecular weight is 1150 g/mol. The van der Waals surface area contributed by atoms with Crippen LogP contribution >= 0.6 is 0 Å². The van der Waals surface area contributed by atoms with E-state index >= 15 is 17.6 Å². The minimum Gasteiger partial charge on any atom is -0.465 e. The van der Waals surface area contributed by atoms with Crippen LogP contribution in [-0.4, -0.2) is 153 Å². The summed E-state index contributed by atoms with van der Waals surface area (Å²) in [6, 6.07) is 13.6. The van der Waals surface area contributed by atoms with Crippen molar-refractivity contribution in [3.63, 3.8) is 0 Å². The van der Waals surface area contributed by atoms with E-state index in [1.54, 1.807) is 31.7 Å². The number of hydrogen-bond donors (Lipinski definition) is 4. The van der Waals surface area contributed by atoms with Gasteiger partial charge in [0.1, 0.15) is 41.1 Å². The molecule has 18 nitrogen and oxygen atoms in total. The Hall–Kier alpha value is -7.46. The van der Waals surface area contributed by atoms with Crippen molar-refractivity contribution in [1.29, 1.82) is 0 Å². The largest absolute Gasteiger partial charge is 0.465 e. The number of carboxylic acid groups (broad SMARTS) is 2. The number of H-pyrrole nitrogens is 2. The van der Waals surface area contributed by atoms with Gasteiger partial charge >= 0.3 is 12.2 Å². The number of hydrogen-bond acceptors (Lipinski definition) is 10. The lowest BCUT2D eigenvalue weighted by Crippen LogP contribution is -2.53. The first-order valence-electron chi connectivity index (χ1n) is 29.3. The van der Waals surface area contributed by atoms with Gasteiger partial charge in [-0.3, -0.25) is 19.4 Å². The normalized spacial score (nSPS) is 22.9. The van der Waals surface area contributed by atoms with Gasteiger partial charge in [-0.15, -0.1) is 0 Å². The van der Waals surface area contributed by atoms with E-state index in [4.69, 9.17) is 19.4 Å². The molecule has 6 atom stereocenters. The quantitative estimate of drug-likeness (QED) is 0.0798. The molecule has 8 heterocycles. The summed E-state index contributed by atoms with van der Waals surface area (Å²) in [5, 5.41) is 20.1. The molecule has 440 valence electrons. The molecule has 2 aromatic heterocycles. The Balaban J connectivity index is 0.877. The van der Waals surface area contributed by atoms with E-state index in [1.165, 1.54) is 43.9 Å². The Morgan fingerprint density at radius 2 is 1.01 bits per heavy atom. The highest BCUT2D eigenvalue weighted by Crippen LogP contribution is 2.50. The van der Waals surface area contributed by atoms with Gasteiger partial charge in [0, 0.05) is 83.5 Å². The molecule has 4 amide bonds. The maximum Gasteiger partial charge on any atom is 0.407 e. The number of imidazole rings is 2. The van der Waals surface area contributed by atoms with Crippen LogP contribution in [0.25, 0.3) is 22.1 Å². The molecule has 6 aliphatic heterocycles. The lowest BCUT2D eigenvalue weighted by Gasteiger charge is -2.37. The van der Waals surface area contributed by atoms with Gasteiger partial charge in [-0.2, -0.15) is 0 Å². The Kier molecular flexibility index (Phi) is 15.7. The van der Waals surface area contributed by atoms with E-state index < -0.39 is 71.7 Å². The maximum atomic E-state index is 17.1. The number of benzene rings is 4. The predicted octanol–water partition coefficient (Wildman–Crippen LogP) is 10.6. The Morgan fingerprint density at radius 3 is 1.45 bits per heavy atom. The SMILES string of the molecule is CN(C(=O)O)[C@H](C(=O)N1CCC[C@H]1c1nc2cc([C@H]3CC[C@H](c4cc5nc([C@@H]6CCCN6C(=O)[C@H](C6CCOCC6)N(C)C(=O)O)[nH]c5cc4F)N3c3cc(F)c(N4CCC(c5ccccc5)CC4)c(F)c3)c(F)cc2[nH]1)C1CCOCC1. The third kappa shape index (κ3) is 10.7. The van der Waals surface area contributed by atoms with Crippen molar-refractivity contribution >= 4 is 57.4 Å². The summed E-state index contributed by atoms with van der Waals surface area (Å²) < 4.78 is 79.2. The first-order valence-corrected chi connectivity index (χ1v) is 29.3. The molecule has 6 aliphatic rings. The number of carbonyl (C=O) groups is 4. The number of aromatic amines is 2. The fourth-order valence-electron chi connectivity index (χ4n) is 14.5. The van der Waals surface area contributed by atoms with Crippen LogP contribution in [0.2, 0.25) is 0 Å². The number of ether oxygens (including phenoxy) is 2. The van der Waals surface area contributed by atoms with Crippen molar-refractivity contribution in [2.24, 2.45) is 11.8 Å². The van der Waals surface area contributed by atoms with Crippen molar-refractivity contribution in [2.75, 3.05) is 76.5 Å². The summed E-state index contributed by atoms with van der Waals surface area (Å²) in [5.74, 6) is -3.00. The molecule has 22 heteroatoms. The summed E-state index contributed by atoms with van der Waals surface area (Å²) in [7, 11) is 2.82. The number of nitrogens with one attached hydrogen (secondary N) is 2. The van der Waals surface area contributed by atoms with E-state index in [2.05, 4.69) is 22.1 Å². The molecule has 0 unspecified atom stereocenters. The van der Waals surface area contributed by atoms with E-state index in [-0.39, 0.29) is 64.9 Å². The second kappa shape index (κ2) is 23.3. The highest BCUT2D eigenvalue weighted by molar-refractivity contribution is 5.87. The third-order valence-corrected chi connectivity index (χ3v) is 18.8. The maximum absolute atomic E-state index is 17.1. The molecule has 0 aliphatic carbocycles. The Bertz CT molecular complexity index is 3210. The van der Waals surface area contributed by atoms with Crippen LogP contribution in [0.1, 0.15) is 135 Å². The highest BCUT2D eigenvalue weighted by Gasteiger charge is 2.46. The fourth-order valence-corrected chi connectivity index (χ4v) is 14.5. The minimum atomic E-state index is -1.22. The van der Waals surface area contributed by atoms with E-state index in [0.717, 1.165) is 9.80 Å². The number of amides is 4. The number of aromatic nitrogens is 4. The standard InChI is InChI=1S/C61H70F4N10O8/c1-70(60(78)79)53(36-16-24-82-25-17-36)58(76)73-20-6-10-51(73)56-66-45-30-39(41(62)32-47(45)68-56)49-12-13-50(75(49)38-28-43(64)55(44(65)29-38)72-22-14-35(15-23-72)34-8-4-3-5-9-34)40-31-46-48(33-42(40)63)69-57(67-46)52-11-7-21-74(52)59(77)54(71(2)61(80)81)37-18-26-83-27-19-37/h3-5,8-9,28-33,35-37,49-54H,6-7,10-27H2,1-2H3,(H,66,68)(H,67,69)(H,78,79)(H,80,81)/t49-,50-,51+,52+,53+,54+/m1/s1. The summed E-state index contributed by atoms with van der Waals surface area (Å²) >= 11 is 0. The molecule has 6 fully saturated rings. The topological polar surface area (TPSA) is 204 Å². The van der Waals surface area contributed by atoms with Gasteiger partial charge in [-0.05, 0) is 137 Å². The molecule has 83 heavy (non-hydrogen) atoms. The molecule has 12 rings (SSSR count). The third-order valence-electron chi connectivity index (χ3n) is 18.8. The Labute approximate surface area is 477 Å². The van der Waals surface area contributed by atoms with Gasteiger partial charge in [0.05, 0.1) is 46.2 Å². The number of nitrogens with zero attached hydrogens (tertiary/aromatic N) is 8. The van der Waals surface area contributed by atoms with E-state index in [9.17, 15) is 29.4 Å². The molecule has 4 aromatic carbocycles. The van der Waals surface area contributed by atoms with Crippen molar-refractivity contribution in [3.8, 4) is 0 Å². The van der Waals surface area contributed by atoms with Crippen LogP contribution in [0.4, 0.5) is 38.5 Å². The first kappa shape index (κ1) is 56.0. The molecular weight excluding hydrogens is 1080 g/mol. The number of fused-ring (bicyclic) bond motifs is 2. The van der Waals surface area contributed by atoms with Gasteiger partial charge in [-0.25, -0.2) is 37.1 Å². The van der Waals surface area contributed by atoms with Gasteiger partial charge in [0.15, 0.2) is 11.6 Å². The van der Waals surface area contributed by atoms with Gasteiger partial charge in [0.2, 0.25) is 11.8 Å². The number of rotatable bonds is 13. The molecule has 6 aromatic rings. The van der Waals surface area contributed by atoms with Crippen LogP contribution in [0.15, 0.2) is 66.7 Å². The number of carbonyl (C=O) groups excluding carboxylic acids is 2. The molecular formula is C61H70F4N10O8. The number of likely N-dealkylation sites (tertiary alicyclic amines) is 2. The predicted molar refractivity (Wildman–Crippen MR) is 300 cm³/mol. The highest BCUT2D eigenvalue weighted by atomic mass is 19.1. The summed E-state index contributed by atoms with van der Waals surface area (Å²) in [6.45, 7) is 3.24. The van der Waals surface area contributed by atoms with Crippen molar-refractivity contribution in [1.82, 2.24) is 39.5 Å². The number of anilines is 2. The summed E-state index contributed by atoms with van der Waals surface area (Å²) in [4.78, 5) is 78.9. The van der Waals surface area contributed by atoms with Gasteiger partial charge in [-0.1, -0.05) is 30.3 Å². The zero-order chi connectivity index (χ0) is 57.8. The molecule has 0 radical (unpaired) electrons. The summed E-state index contributed by atoms with van der Waals surface area (Å²) in [5.41, 5.74) is 2.86.